The van der Waals surface area contributed by atoms with Gasteiger partial charge in [0.15, 0.2) is 0 Å². The van der Waals surface area contributed by atoms with Crippen LogP contribution in [0, 0.1) is 11.7 Å². The smallest absolute Gasteiger partial charge is 0.125 e. The molecule has 1 unspecified atom stereocenters. The van der Waals surface area contributed by atoms with Gasteiger partial charge in [-0.15, -0.1) is 0 Å². The predicted octanol–water partition coefficient (Wildman–Crippen LogP) is 3.99. The number of benzene rings is 1. The lowest BCUT2D eigenvalue weighted by Crippen LogP contribution is -2.35. The Kier molecular flexibility index (Phi) is 5.82. The van der Waals surface area contributed by atoms with Crippen LogP contribution < -0.4 is 5.73 Å². The lowest BCUT2D eigenvalue weighted by molar-refractivity contribution is 0.185. The van der Waals surface area contributed by atoms with E-state index in [4.69, 9.17) is 17.3 Å². The molecule has 0 bridgehead atoms. The highest BCUT2D eigenvalue weighted by atomic mass is 35.5. The molecule has 0 heterocycles. The first-order valence-corrected chi connectivity index (χ1v) is 7.84. The zero-order chi connectivity index (χ0) is 14.5. The van der Waals surface area contributed by atoms with Crippen molar-refractivity contribution in [1.82, 2.24) is 4.90 Å². The topological polar surface area (TPSA) is 29.3 Å². The summed E-state index contributed by atoms with van der Waals surface area (Å²) in [6.07, 6.45) is 6.62. The molecule has 1 aromatic carbocycles. The number of likely N-dealkylation sites (N-methyl/N-ethyl adjacent to an activating group) is 1. The Balaban J connectivity index is 2.05. The van der Waals surface area contributed by atoms with Crippen LogP contribution in [0.1, 0.15) is 43.7 Å². The van der Waals surface area contributed by atoms with E-state index in [2.05, 4.69) is 11.9 Å². The van der Waals surface area contributed by atoms with Gasteiger partial charge < -0.3 is 5.73 Å². The molecule has 0 aromatic heterocycles. The minimum absolute atomic E-state index is 0.0325. The molecule has 0 radical (unpaired) electrons. The standard InChI is InChI=1S/C16H24ClFN2/c1-20(11-12-5-3-2-4-6-12)16(10-19)13-7-14(17)9-15(18)8-13/h7-9,12,16H,2-6,10-11,19H2,1H3. The maximum absolute atomic E-state index is 13.5. The van der Waals surface area contributed by atoms with E-state index in [1.165, 1.54) is 38.2 Å². The minimum atomic E-state index is -0.294. The van der Waals surface area contributed by atoms with Crippen LogP contribution in [0.3, 0.4) is 0 Å². The third kappa shape index (κ3) is 4.18. The lowest BCUT2D eigenvalue weighted by Gasteiger charge is -2.32. The zero-order valence-corrected chi connectivity index (χ0v) is 12.9. The summed E-state index contributed by atoms with van der Waals surface area (Å²) in [5, 5.41) is 0.435. The van der Waals surface area contributed by atoms with Crippen molar-refractivity contribution in [3.05, 3.63) is 34.6 Å². The third-order valence-electron chi connectivity index (χ3n) is 4.30. The van der Waals surface area contributed by atoms with Gasteiger partial charge in [0.1, 0.15) is 5.82 Å². The summed E-state index contributed by atoms with van der Waals surface area (Å²) >= 11 is 5.95. The van der Waals surface area contributed by atoms with Crippen molar-refractivity contribution in [1.29, 1.82) is 0 Å². The van der Waals surface area contributed by atoms with E-state index in [-0.39, 0.29) is 11.9 Å². The van der Waals surface area contributed by atoms with Crippen molar-refractivity contribution in [2.75, 3.05) is 20.1 Å². The van der Waals surface area contributed by atoms with Gasteiger partial charge in [-0.3, -0.25) is 4.90 Å². The van der Waals surface area contributed by atoms with E-state index in [9.17, 15) is 4.39 Å². The van der Waals surface area contributed by atoms with Gasteiger partial charge in [-0.1, -0.05) is 30.9 Å². The first-order chi connectivity index (χ1) is 9.60. The number of rotatable bonds is 5. The average Bonchev–Trinajstić information content (AvgIpc) is 2.39. The molecule has 1 aliphatic carbocycles. The Morgan fingerprint density at radius 1 is 1.30 bits per heavy atom. The predicted molar refractivity (Wildman–Crippen MR) is 82.4 cm³/mol. The van der Waals surface area contributed by atoms with E-state index in [0.29, 0.717) is 11.6 Å². The second kappa shape index (κ2) is 7.39. The van der Waals surface area contributed by atoms with E-state index in [1.807, 2.05) is 6.07 Å². The molecule has 1 atom stereocenters. The molecular weight excluding hydrogens is 275 g/mol. The SMILES string of the molecule is CN(CC1CCCCC1)C(CN)c1cc(F)cc(Cl)c1. The van der Waals surface area contributed by atoms with Gasteiger partial charge in [-0.2, -0.15) is 0 Å². The number of nitrogens with zero attached hydrogens (tertiary/aromatic N) is 1. The third-order valence-corrected chi connectivity index (χ3v) is 4.51. The Bertz CT molecular complexity index is 412. The summed E-state index contributed by atoms with van der Waals surface area (Å²) < 4.78 is 13.5. The summed E-state index contributed by atoms with van der Waals surface area (Å²) in [5.74, 6) is 0.448. The zero-order valence-electron chi connectivity index (χ0n) is 12.1. The molecule has 2 nitrogen and oxygen atoms in total. The van der Waals surface area contributed by atoms with Crippen molar-refractivity contribution in [3.8, 4) is 0 Å². The summed E-state index contributed by atoms with van der Waals surface area (Å²) in [4.78, 5) is 2.25. The Labute approximate surface area is 126 Å². The molecule has 20 heavy (non-hydrogen) atoms. The van der Waals surface area contributed by atoms with Gasteiger partial charge in [0.2, 0.25) is 0 Å². The summed E-state index contributed by atoms with van der Waals surface area (Å²) in [5.41, 5.74) is 6.77. The van der Waals surface area contributed by atoms with Crippen LogP contribution in [0.25, 0.3) is 0 Å². The monoisotopic (exact) mass is 298 g/mol. The van der Waals surface area contributed by atoms with E-state index in [1.54, 1.807) is 6.07 Å². The molecular formula is C16H24ClFN2. The van der Waals surface area contributed by atoms with E-state index < -0.39 is 0 Å². The molecule has 2 rings (SSSR count). The van der Waals surface area contributed by atoms with Crippen molar-refractivity contribution < 1.29 is 4.39 Å². The van der Waals surface area contributed by atoms with Gasteiger partial charge >= 0.3 is 0 Å². The van der Waals surface area contributed by atoms with Crippen LogP contribution in [0.15, 0.2) is 18.2 Å². The van der Waals surface area contributed by atoms with Crippen LogP contribution in [-0.2, 0) is 0 Å². The van der Waals surface area contributed by atoms with Crippen LogP contribution in [0.5, 0.6) is 0 Å². The fourth-order valence-electron chi connectivity index (χ4n) is 3.24. The average molecular weight is 299 g/mol. The second-order valence-corrected chi connectivity index (χ2v) is 6.33. The van der Waals surface area contributed by atoms with Crippen molar-refractivity contribution >= 4 is 11.6 Å². The molecule has 0 aliphatic heterocycles. The minimum Gasteiger partial charge on any atom is -0.329 e. The maximum Gasteiger partial charge on any atom is 0.125 e. The number of nitrogens with two attached hydrogens (primary N) is 1. The normalized spacial score (nSPS) is 18.4. The first kappa shape index (κ1) is 15.7. The highest BCUT2D eigenvalue weighted by molar-refractivity contribution is 6.30. The maximum atomic E-state index is 13.5. The number of hydrogen-bond donors (Lipinski definition) is 1. The molecule has 1 saturated carbocycles. The molecule has 4 heteroatoms. The highest BCUT2D eigenvalue weighted by Crippen LogP contribution is 2.28. The molecule has 1 aliphatic rings. The quantitative estimate of drug-likeness (QED) is 0.890. The number of hydrogen-bond acceptors (Lipinski definition) is 2. The van der Waals surface area contributed by atoms with Crippen molar-refractivity contribution in [2.24, 2.45) is 11.7 Å². The summed E-state index contributed by atoms with van der Waals surface area (Å²) in [6, 6.07) is 4.73. The fraction of sp³-hybridized carbons (Fsp3) is 0.625. The van der Waals surface area contributed by atoms with Crippen molar-refractivity contribution in [3.63, 3.8) is 0 Å². The lowest BCUT2D eigenvalue weighted by atomic mass is 9.88. The molecule has 2 N–H and O–H groups in total. The molecule has 0 spiro atoms. The van der Waals surface area contributed by atoms with Gasteiger partial charge in [0.05, 0.1) is 0 Å². The number of halogens is 2. The summed E-state index contributed by atoms with van der Waals surface area (Å²) in [6.45, 7) is 1.50. The molecule has 112 valence electrons. The van der Waals surface area contributed by atoms with Crippen LogP contribution in [0.2, 0.25) is 5.02 Å². The molecule has 0 saturated heterocycles. The van der Waals surface area contributed by atoms with Crippen molar-refractivity contribution in [2.45, 2.75) is 38.1 Å². The van der Waals surface area contributed by atoms with E-state index >= 15 is 0 Å². The Hall–Kier alpha value is -0.640. The van der Waals surface area contributed by atoms with Gasteiger partial charge in [-0.25, -0.2) is 4.39 Å². The highest BCUT2D eigenvalue weighted by Gasteiger charge is 2.21. The largest absolute Gasteiger partial charge is 0.329 e. The van der Waals surface area contributed by atoms with Gasteiger partial charge in [-0.05, 0) is 49.6 Å². The molecule has 1 fully saturated rings. The van der Waals surface area contributed by atoms with Gasteiger partial charge in [0.25, 0.3) is 0 Å². The van der Waals surface area contributed by atoms with Crippen LogP contribution >= 0.6 is 11.6 Å². The van der Waals surface area contributed by atoms with E-state index in [0.717, 1.165) is 18.0 Å². The van der Waals surface area contributed by atoms with Crippen LogP contribution in [0.4, 0.5) is 4.39 Å². The first-order valence-electron chi connectivity index (χ1n) is 7.46. The summed E-state index contributed by atoms with van der Waals surface area (Å²) in [7, 11) is 2.07. The molecule has 1 aromatic rings. The molecule has 0 amide bonds. The second-order valence-electron chi connectivity index (χ2n) is 5.90. The van der Waals surface area contributed by atoms with Crippen LogP contribution in [-0.4, -0.2) is 25.0 Å². The van der Waals surface area contributed by atoms with Gasteiger partial charge in [0, 0.05) is 24.2 Å². The fourth-order valence-corrected chi connectivity index (χ4v) is 3.47. The Morgan fingerprint density at radius 3 is 2.60 bits per heavy atom. The Morgan fingerprint density at radius 2 is 2.00 bits per heavy atom.